The molecule has 1 aliphatic rings. The van der Waals surface area contributed by atoms with Gasteiger partial charge in [-0.2, -0.15) is 0 Å². The van der Waals surface area contributed by atoms with Gasteiger partial charge >= 0.3 is 0 Å². The molecule has 0 aromatic carbocycles. The molecule has 3 rings (SSSR count). The van der Waals surface area contributed by atoms with Crippen molar-refractivity contribution in [3.63, 3.8) is 0 Å². The fraction of sp³-hybridized carbons (Fsp3) is 0.579. The van der Waals surface area contributed by atoms with E-state index in [1.54, 1.807) is 6.92 Å². The predicted molar refractivity (Wildman–Crippen MR) is 110 cm³/mol. The third kappa shape index (κ3) is 4.10. The average Bonchev–Trinajstić information content (AvgIpc) is 3.05. The minimum Gasteiger partial charge on any atom is -0.355 e. The van der Waals surface area contributed by atoms with E-state index in [1.165, 1.54) is 22.2 Å². The van der Waals surface area contributed by atoms with Gasteiger partial charge in [0.25, 0.3) is 11.5 Å². The quantitative estimate of drug-likeness (QED) is 0.777. The van der Waals surface area contributed by atoms with E-state index in [0.29, 0.717) is 40.3 Å². The highest BCUT2D eigenvalue weighted by atomic mass is 32.1. The molecule has 1 N–H and O–H groups in total. The Kier molecular flexibility index (Phi) is 6.46. The first-order valence-corrected chi connectivity index (χ1v) is 10.5. The Labute approximate surface area is 168 Å². The van der Waals surface area contributed by atoms with Gasteiger partial charge in [-0.05, 0) is 25.5 Å². The second kappa shape index (κ2) is 8.83. The van der Waals surface area contributed by atoms with Crippen LogP contribution in [-0.4, -0.2) is 70.4 Å². The lowest BCUT2D eigenvalue weighted by atomic mass is 10.2. The largest absolute Gasteiger partial charge is 0.355 e. The summed E-state index contributed by atoms with van der Waals surface area (Å²) in [6.07, 6.45) is 2.22. The summed E-state index contributed by atoms with van der Waals surface area (Å²) in [5.74, 6) is -0.258. The van der Waals surface area contributed by atoms with Crippen molar-refractivity contribution in [3.8, 4) is 0 Å². The highest BCUT2D eigenvalue weighted by Crippen LogP contribution is 2.28. The highest BCUT2D eigenvalue weighted by molar-refractivity contribution is 7.20. The number of carbonyl (C=O) groups is 2. The fourth-order valence-electron chi connectivity index (χ4n) is 3.36. The van der Waals surface area contributed by atoms with E-state index in [9.17, 15) is 14.4 Å². The van der Waals surface area contributed by atoms with Crippen molar-refractivity contribution >= 4 is 33.4 Å². The molecule has 3 heterocycles. The number of amides is 2. The maximum absolute atomic E-state index is 13.0. The monoisotopic (exact) mass is 405 g/mol. The van der Waals surface area contributed by atoms with Gasteiger partial charge in [0.1, 0.15) is 11.4 Å². The number of fused-ring (bicyclic) bond motifs is 1. The topological polar surface area (TPSA) is 87.5 Å². The molecule has 0 unspecified atom stereocenters. The van der Waals surface area contributed by atoms with Gasteiger partial charge in [0, 0.05) is 32.7 Å². The number of rotatable bonds is 6. The zero-order valence-corrected chi connectivity index (χ0v) is 17.5. The van der Waals surface area contributed by atoms with Crippen LogP contribution in [0.2, 0.25) is 0 Å². The summed E-state index contributed by atoms with van der Waals surface area (Å²) in [6, 6.07) is 0. The highest BCUT2D eigenvalue weighted by Gasteiger charge is 2.26. The van der Waals surface area contributed by atoms with Crippen LogP contribution in [0.1, 0.15) is 35.5 Å². The second-order valence-corrected chi connectivity index (χ2v) is 7.99. The van der Waals surface area contributed by atoms with E-state index >= 15 is 0 Å². The number of aromatic nitrogens is 2. The normalized spacial score (nSPS) is 15.2. The Bertz CT molecular complexity index is 928. The first-order chi connectivity index (χ1) is 13.5. The summed E-state index contributed by atoms with van der Waals surface area (Å²) < 4.78 is 1.31. The van der Waals surface area contributed by atoms with E-state index in [-0.39, 0.29) is 23.9 Å². The SMILES string of the molecule is CCCNC(=O)Cn1cnc2sc(C(=O)N3CCN(CC)CC3)c(C)c2c1=O. The number of nitrogens with one attached hydrogen (secondary N) is 1. The lowest BCUT2D eigenvalue weighted by molar-refractivity contribution is -0.121. The molecule has 1 aliphatic heterocycles. The summed E-state index contributed by atoms with van der Waals surface area (Å²) in [5.41, 5.74) is 0.379. The minimum absolute atomic E-state index is 0.0390. The molecule has 28 heavy (non-hydrogen) atoms. The van der Waals surface area contributed by atoms with Crippen LogP contribution in [0.4, 0.5) is 0 Å². The molecule has 2 aromatic rings. The molecule has 8 nitrogen and oxygen atoms in total. The summed E-state index contributed by atoms with van der Waals surface area (Å²) in [6.45, 7) is 10.5. The molecule has 2 aromatic heterocycles. The van der Waals surface area contributed by atoms with Crippen molar-refractivity contribution in [2.24, 2.45) is 0 Å². The van der Waals surface area contributed by atoms with Crippen LogP contribution in [0.5, 0.6) is 0 Å². The van der Waals surface area contributed by atoms with E-state index < -0.39 is 0 Å². The molecule has 1 fully saturated rings. The lowest BCUT2D eigenvalue weighted by Crippen LogP contribution is -2.48. The summed E-state index contributed by atoms with van der Waals surface area (Å²) in [4.78, 5) is 47.4. The zero-order valence-electron chi connectivity index (χ0n) is 16.7. The van der Waals surface area contributed by atoms with Crippen molar-refractivity contribution < 1.29 is 9.59 Å². The van der Waals surface area contributed by atoms with E-state index in [4.69, 9.17) is 0 Å². The molecule has 0 radical (unpaired) electrons. The predicted octanol–water partition coefficient (Wildman–Crippen LogP) is 1.07. The van der Waals surface area contributed by atoms with Gasteiger partial charge in [-0.1, -0.05) is 13.8 Å². The Morgan fingerprint density at radius 1 is 1.21 bits per heavy atom. The molecule has 2 amide bonds. The van der Waals surface area contributed by atoms with Crippen LogP contribution < -0.4 is 10.9 Å². The second-order valence-electron chi connectivity index (χ2n) is 6.99. The fourth-order valence-corrected chi connectivity index (χ4v) is 4.47. The van der Waals surface area contributed by atoms with Gasteiger partial charge in [-0.3, -0.25) is 19.0 Å². The van der Waals surface area contributed by atoms with Gasteiger partial charge in [0.15, 0.2) is 0 Å². The molecule has 0 bridgehead atoms. The molecular formula is C19H27N5O3S. The van der Waals surface area contributed by atoms with E-state index in [2.05, 4.69) is 22.1 Å². The maximum atomic E-state index is 13.0. The Hall–Kier alpha value is -2.26. The Morgan fingerprint density at radius 3 is 2.57 bits per heavy atom. The van der Waals surface area contributed by atoms with Crippen molar-refractivity contribution in [1.29, 1.82) is 0 Å². The van der Waals surface area contributed by atoms with Crippen molar-refractivity contribution in [1.82, 2.24) is 24.7 Å². The van der Waals surface area contributed by atoms with Crippen LogP contribution in [0, 0.1) is 6.92 Å². The number of nitrogens with zero attached hydrogens (tertiary/aromatic N) is 4. The molecule has 152 valence electrons. The molecule has 0 saturated carbocycles. The van der Waals surface area contributed by atoms with E-state index in [1.807, 2.05) is 11.8 Å². The van der Waals surface area contributed by atoms with Gasteiger partial charge in [0.05, 0.1) is 16.6 Å². The minimum atomic E-state index is -0.278. The number of carbonyl (C=O) groups excluding carboxylic acids is 2. The number of thiophene rings is 1. The number of hydrogen-bond acceptors (Lipinski definition) is 6. The van der Waals surface area contributed by atoms with Crippen molar-refractivity contribution in [3.05, 3.63) is 27.1 Å². The molecule has 0 spiro atoms. The van der Waals surface area contributed by atoms with Gasteiger partial charge in [-0.15, -0.1) is 11.3 Å². The number of likely N-dealkylation sites (N-methyl/N-ethyl adjacent to an activating group) is 1. The smallest absolute Gasteiger partial charge is 0.264 e. The first-order valence-electron chi connectivity index (χ1n) is 9.73. The van der Waals surface area contributed by atoms with Crippen LogP contribution in [0.3, 0.4) is 0 Å². The van der Waals surface area contributed by atoms with Crippen molar-refractivity contribution in [2.45, 2.75) is 33.7 Å². The van der Waals surface area contributed by atoms with Gasteiger partial charge in [-0.25, -0.2) is 4.98 Å². The molecule has 0 aliphatic carbocycles. The van der Waals surface area contributed by atoms with Gasteiger partial charge in [0.2, 0.25) is 5.91 Å². The van der Waals surface area contributed by atoms with Gasteiger partial charge < -0.3 is 15.1 Å². The number of aryl methyl sites for hydroxylation is 1. The summed E-state index contributed by atoms with van der Waals surface area (Å²) in [7, 11) is 0. The summed E-state index contributed by atoms with van der Waals surface area (Å²) >= 11 is 1.26. The standard InChI is InChI=1S/C19H27N5O3S/c1-4-6-20-14(25)11-24-12-21-17-15(18(24)26)13(3)16(28-17)19(27)23-9-7-22(5-2)8-10-23/h12H,4-11H2,1-3H3,(H,20,25). The third-order valence-corrected chi connectivity index (χ3v) is 6.29. The van der Waals surface area contributed by atoms with Crippen LogP contribution in [-0.2, 0) is 11.3 Å². The number of hydrogen-bond donors (Lipinski definition) is 1. The molecule has 1 saturated heterocycles. The lowest BCUT2D eigenvalue weighted by Gasteiger charge is -2.33. The van der Waals surface area contributed by atoms with Crippen LogP contribution in [0.25, 0.3) is 10.2 Å². The number of piperazine rings is 1. The maximum Gasteiger partial charge on any atom is 0.264 e. The van der Waals surface area contributed by atoms with Crippen LogP contribution >= 0.6 is 11.3 Å². The average molecular weight is 406 g/mol. The Morgan fingerprint density at radius 2 is 1.93 bits per heavy atom. The molecular weight excluding hydrogens is 378 g/mol. The van der Waals surface area contributed by atoms with Crippen LogP contribution in [0.15, 0.2) is 11.1 Å². The van der Waals surface area contributed by atoms with E-state index in [0.717, 1.165) is 26.1 Å². The zero-order chi connectivity index (χ0) is 20.3. The third-order valence-electron chi connectivity index (χ3n) is 5.10. The van der Waals surface area contributed by atoms with Crippen molar-refractivity contribution in [2.75, 3.05) is 39.3 Å². The molecule has 0 atom stereocenters. The first kappa shape index (κ1) is 20.5. The summed E-state index contributed by atoms with van der Waals surface area (Å²) in [5, 5.41) is 3.19. The Balaban J connectivity index is 1.85. The molecule has 9 heteroatoms.